The quantitative estimate of drug-likeness (QED) is 0.713. The molecule has 78 valence electrons. The smallest absolute Gasteiger partial charge is 0.163 e. The molecule has 0 fully saturated rings. The largest absolute Gasteiger partial charge is 0.294 e. The molecular weight excluding hydrogens is 184 g/mol. The molecule has 15 heavy (non-hydrogen) atoms. The van der Waals surface area contributed by atoms with Gasteiger partial charge in [0.05, 0.1) is 0 Å². The standard InChI is InChI=1S/C14H16O/c1-10(2)11-5-3-6-12(9-11)13-7-4-8-14(13)15/h3,5-7,9-10H,4,8H2,1-2H3. The molecule has 0 unspecified atom stereocenters. The normalized spacial score (nSPS) is 15.9. The highest BCUT2D eigenvalue weighted by molar-refractivity contribution is 6.22. The van der Waals surface area contributed by atoms with Crippen molar-refractivity contribution in [2.75, 3.05) is 0 Å². The molecule has 1 aliphatic carbocycles. The summed E-state index contributed by atoms with van der Waals surface area (Å²) in [6, 6.07) is 8.33. The van der Waals surface area contributed by atoms with Gasteiger partial charge in [-0.15, -0.1) is 0 Å². The van der Waals surface area contributed by atoms with Gasteiger partial charge in [0.1, 0.15) is 0 Å². The van der Waals surface area contributed by atoms with Gasteiger partial charge in [-0.2, -0.15) is 0 Å². The Balaban J connectivity index is 2.37. The van der Waals surface area contributed by atoms with E-state index in [0.717, 1.165) is 17.6 Å². The summed E-state index contributed by atoms with van der Waals surface area (Å²) in [5.41, 5.74) is 3.30. The first-order valence-electron chi connectivity index (χ1n) is 5.52. The number of carbonyl (C=O) groups is 1. The zero-order chi connectivity index (χ0) is 10.8. The zero-order valence-electron chi connectivity index (χ0n) is 9.29. The molecule has 2 rings (SSSR count). The Labute approximate surface area is 90.8 Å². The molecule has 0 saturated heterocycles. The number of ketones is 1. The minimum absolute atomic E-state index is 0.288. The number of carbonyl (C=O) groups excluding carboxylic acids is 1. The third-order valence-electron chi connectivity index (χ3n) is 2.88. The molecule has 0 atom stereocenters. The Hall–Kier alpha value is -1.37. The van der Waals surface area contributed by atoms with Crippen LogP contribution in [0.25, 0.3) is 5.57 Å². The molecule has 0 N–H and O–H groups in total. The van der Waals surface area contributed by atoms with Crippen molar-refractivity contribution < 1.29 is 4.79 Å². The molecule has 0 saturated carbocycles. The average Bonchev–Trinajstić information content (AvgIpc) is 2.64. The minimum atomic E-state index is 0.288. The lowest BCUT2D eigenvalue weighted by Crippen LogP contribution is -1.96. The molecule has 1 heteroatoms. The number of hydrogen-bond donors (Lipinski definition) is 0. The SMILES string of the molecule is CC(C)c1cccc(C2=CCCC2=O)c1. The third-order valence-corrected chi connectivity index (χ3v) is 2.88. The summed E-state index contributed by atoms with van der Waals surface area (Å²) in [6.45, 7) is 4.34. The summed E-state index contributed by atoms with van der Waals surface area (Å²) in [7, 11) is 0. The summed E-state index contributed by atoms with van der Waals surface area (Å²) in [4.78, 5) is 11.6. The minimum Gasteiger partial charge on any atom is -0.294 e. The topological polar surface area (TPSA) is 17.1 Å². The number of benzene rings is 1. The van der Waals surface area contributed by atoms with Crippen LogP contribution >= 0.6 is 0 Å². The Morgan fingerprint density at radius 3 is 2.67 bits per heavy atom. The molecule has 1 nitrogen and oxygen atoms in total. The van der Waals surface area contributed by atoms with Gasteiger partial charge >= 0.3 is 0 Å². The molecule has 0 heterocycles. The van der Waals surface area contributed by atoms with Crippen molar-refractivity contribution in [1.82, 2.24) is 0 Å². The van der Waals surface area contributed by atoms with Gasteiger partial charge in [-0.05, 0) is 23.5 Å². The summed E-state index contributed by atoms with van der Waals surface area (Å²) >= 11 is 0. The molecular formula is C14H16O. The number of Topliss-reactive ketones (excluding diaryl/α,β-unsaturated/α-hetero) is 1. The van der Waals surface area contributed by atoms with Gasteiger partial charge < -0.3 is 0 Å². The van der Waals surface area contributed by atoms with Gasteiger partial charge in [-0.1, -0.05) is 44.2 Å². The Morgan fingerprint density at radius 1 is 1.27 bits per heavy atom. The molecule has 0 aromatic heterocycles. The second kappa shape index (κ2) is 4.01. The predicted molar refractivity (Wildman–Crippen MR) is 62.7 cm³/mol. The second-order valence-electron chi connectivity index (χ2n) is 4.36. The van der Waals surface area contributed by atoms with E-state index in [2.05, 4.69) is 32.1 Å². The summed E-state index contributed by atoms with van der Waals surface area (Å²) < 4.78 is 0. The van der Waals surface area contributed by atoms with E-state index < -0.39 is 0 Å². The van der Waals surface area contributed by atoms with Crippen molar-refractivity contribution >= 4 is 11.4 Å². The predicted octanol–water partition coefficient (Wildman–Crippen LogP) is 3.56. The average molecular weight is 200 g/mol. The third kappa shape index (κ3) is 2.01. The molecule has 0 radical (unpaired) electrons. The van der Waals surface area contributed by atoms with Crippen molar-refractivity contribution in [3.8, 4) is 0 Å². The van der Waals surface area contributed by atoms with Gasteiger partial charge in [0.2, 0.25) is 0 Å². The van der Waals surface area contributed by atoms with E-state index in [4.69, 9.17) is 0 Å². The van der Waals surface area contributed by atoms with Gasteiger partial charge in [0.15, 0.2) is 5.78 Å². The highest BCUT2D eigenvalue weighted by Crippen LogP contribution is 2.26. The zero-order valence-corrected chi connectivity index (χ0v) is 9.29. The van der Waals surface area contributed by atoms with Crippen molar-refractivity contribution in [2.45, 2.75) is 32.6 Å². The molecule has 0 spiro atoms. The van der Waals surface area contributed by atoms with E-state index in [1.54, 1.807) is 0 Å². The van der Waals surface area contributed by atoms with Crippen LogP contribution < -0.4 is 0 Å². The van der Waals surface area contributed by atoms with Crippen molar-refractivity contribution in [1.29, 1.82) is 0 Å². The monoisotopic (exact) mass is 200 g/mol. The van der Waals surface area contributed by atoms with E-state index in [-0.39, 0.29) is 5.78 Å². The number of allylic oxidation sites excluding steroid dienone is 2. The molecule has 1 aromatic carbocycles. The van der Waals surface area contributed by atoms with Crippen LogP contribution in [0.5, 0.6) is 0 Å². The summed E-state index contributed by atoms with van der Waals surface area (Å²) in [5, 5.41) is 0. The maximum atomic E-state index is 11.6. The maximum absolute atomic E-state index is 11.6. The Morgan fingerprint density at radius 2 is 2.07 bits per heavy atom. The van der Waals surface area contributed by atoms with Gasteiger partial charge in [-0.3, -0.25) is 4.79 Å². The fourth-order valence-electron chi connectivity index (χ4n) is 1.94. The first kappa shape index (κ1) is 10.2. The van der Waals surface area contributed by atoms with Crippen LogP contribution in [0.1, 0.15) is 43.7 Å². The van der Waals surface area contributed by atoms with Crippen molar-refractivity contribution in [2.24, 2.45) is 0 Å². The van der Waals surface area contributed by atoms with Crippen LogP contribution in [-0.4, -0.2) is 5.78 Å². The van der Waals surface area contributed by atoms with Crippen molar-refractivity contribution in [3.63, 3.8) is 0 Å². The van der Waals surface area contributed by atoms with Crippen LogP contribution in [0.4, 0.5) is 0 Å². The van der Waals surface area contributed by atoms with E-state index in [9.17, 15) is 4.79 Å². The lowest BCUT2D eigenvalue weighted by molar-refractivity contribution is -0.113. The van der Waals surface area contributed by atoms with Crippen LogP contribution in [0.2, 0.25) is 0 Å². The van der Waals surface area contributed by atoms with Crippen LogP contribution in [0.3, 0.4) is 0 Å². The molecule has 0 amide bonds. The second-order valence-corrected chi connectivity index (χ2v) is 4.36. The van der Waals surface area contributed by atoms with Gasteiger partial charge in [0, 0.05) is 12.0 Å². The molecule has 1 aliphatic rings. The lowest BCUT2D eigenvalue weighted by Gasteiger charge is -2.08. The fourth-order valence-corrected chi connectivity index (χ4v) is 1.94. The maximum Gasteiger partial charge on any atom is 0.163 e. The van der Waals surface area contributed by atoms with Gasteiger partial charge in [0.25, 0.3) is 0 Å². The molecule has 0 aliphatic heterocycles. The summed E-state index contributed by atoms with van der Waals surface area (Å²) in [6.07, 6.45) is 3.64. The summed E-state index contributed by atoms with van der Waals surface area (Å²) in [5.74, 6) is 0.804. The highest BCUT2D eigenvalue weighted by Gasteiger charge is 2.16. The molecule has 0 bridgehead atoms. The van der Waals surface area contributed by atoms with Crippen LogP contribution in [0.15, 0.2) is 30.3 Å². The van der Waals surface area contributed by atoms with Crippen LogP contribution in [0, 0.1) is 0 Å². The first-order valence-corrected chi connectivity index (χ1v) is 5.52. The first-order chi connectivity index (χ1) is 7.18. The Kier molecular flexibility index (Phi) is 2.72. The van der Waals surface area contributed by atoms with E-state index in [0.29, 0.717) is 12.3 Å². The van der Waals surface area contributed by atoms with Crippen molar-refractivity contribution in [3.05, 3.63) is 41.5 Å². The molecule has 1 aromatic rings. The number of rotatable bonds is 2. The van der Waals surface area contributed by atoms with Crippen LogP contribution in [-0.2, 0) is 4.79 Å². The van der Waals surface area contributed by atoms with Gasteiger partial charge in [-0.25, -0.2) is 0 Å². The van der Waals surface area contributed by atoms with E-state index >= 15 is 0 Å². The van der Waals surface area contributed by atoms with E-state index in [1.165, 1.54) is 5.56 Å². The number of hydrogen-bond acceptors (Lipinski definition) is 1. The highest BCUT2D eigenvalue weighted by atomic mass is 16.1. The fraction of sp³-hybridized carbons (Fsp3) is 0.357. The lowest BCUT2D eigenvalue weighted by atomic mass is 9.97. The Bertz CT molecular complexity index is 413. The van der Waals surface area contributed by atoms with E-state index in [1.807, 2.05) is 12.1 Å².